The zero-order chi connectivity index (χ0) is 8.27. The fraction of sp³-hybridized carbons (Fsp3) is 0.333. The Bertz CT molecular complexity index is 296. The van der Waals surface area contributed by atoms with Crippen LogP contribution in [-0.2, 0) is 6.54 Å². The molecule has 1 aromatic rings. The lowest BCUT2D eigenvalue weighted by atomic mass is 10.1. The van der Waals surface area contributed by atoms with Crippen molar-refractivity contribution < 1.29 is 0 Å². The van der Waals surface area contributed by atoms with Crippen molar-refractivity contribution in [3.8, 4) is 0 Å². The second-order valence-corrected chi connectivity index (χ2v) is 2.12. The van der Waals surface area contributed by atoms with Crippen molar-refractivity contribution in [1.29, 1.82) is 0 Å². The van der Waals surface area contributed by atoms with Gasteiger partial charge in [0, 0.05) is 12.7 Å². The molecular weight excluding hydrogens is 141 g/mol. The maximum absolute atomic E-state index is 10.9. The Labute approximate surface area is 65.5 Å². The van der Waals surface area contributed by atoms with Crippen LogP contribution in [0.25, 0.3) is 0 Å². The van der Waals surface area contributed by atoms with Gasteiger partial charge in [-0.1, -0.05) is 6.32 Å². The summed E-state index contributed by atoms with van der Waals surface area (Å²) < 4.78 is 1.41. The maximum Gasteiger partial charge on any atom is 0.349 e. The molecule has 1 aromatic heterocycles. The minimum Gasteiger partial charge on any atom is -0.383 e. The van der Waals surface area contributed by atoms with Crippen molar-refractivity contribution in [1.82, 2.24) is 9.55 Å². The molecule has 0 unspecified atom stereocenters. The zero-order valence-electron chi connectivity index (χ0n) is 6.03. The van der Waals surface area contributed by atoms with Crippen LogP contribution in [0.3, 0.4) is 0 Å². The smallest absolute Gasteiger partial charge is 0.349 e. The van der Waals surface area contributed by atoms with Gasteiger partial charge in [-0.25, -0.2) is 4.79 Å². The van der Waals surface area contributed by atoms with Gasteiger partial charge in [0.25, 0.3) is 0 Å². The van der Waals surface area contributed by atoms with Crippen LogP contribution in [0.15, 0.2) is 17.1 Å². The first-order valence-electron chi connectivity index (χ1n) is 3.27. The third-order valence-electron chi connectivity index (χ3n) is 1.27. The van der Waals surface area contributed by atoms with E-state index in [0.29, 0.717) is 12.9 Å². The van der Waals surface area contributed by atoms with Crippen LogP contribution in [0.5, 0.6) is 0 Å². The highest BCUT2D eigenvalue weighted by Gasteiger charge is 1.94. The van der Waals surface area contributed by atoms with E-state index in [1.807, 2.05) is 0 Å². The topological polar surface area (TPSA) is 60.9 Å². The molecule has 0 aromatic carbocycles. The highest BCUT2D eigenvalue weighted by molar-refractivity contribution is 6.08. The maximum atomic E-state index is 10.9. The van der Waals surface area contributed by atoms with Gasteiger partial charge in [0.1, 0.15) is 5.82 Å². The van der Waals surface area contributed by atoms with Crippen molar-refractivity contribution in [2.24, 2.45) is 0 Å². The molecule has 0 saturated carbocycles. The van der Waals surface area contributed by atoms with Crippen molar-refractivity contribution in [3.05, 3.63) is 22.7 Å². The number of nitrogens with zero attached hydrogens (tertiary/aromatic N) is 2. The Morgan fingerprint density at radius 1 is 1.73 bits per heavy atom. The molecule has 2 radical (unpaired) electrons. The van der Waals surface area contributed by atoms with Gasteiger partial charge in [0.05, 0.1) is 7.85 Å². The van der Waals surface area contributed by atoms with E-state index < -0.39 is 0 Å². The summed E-state index contributed by atoms with van der Waals surface area (Å²) in [5, 5.41) is 0. The number of nitrogens with two attached hydrogens (primary N) is 1. The molecule has 0 bridgehead atoms. The number of rotatable bonds is 2. The van der Waals surface area contributed by atoms with E-state index in [2.05, 4.69) is 4.98 Å². The second kappa shape index (κ2) is 3.23. The lowest BCUT2D eigenvalue weighted by Gasteiger charge is -2.00. The molecule has 11 heavy (non-hydrogen) atoms. The average Bonchev–Trinajstić information content (AvgIpc) is 1.95. The van der Waals surface area contributed by atoms with Crippen LogP contribution in [0.4, 0.5) is 5.82 Å². The first kappa shape index (κ1) is 7.85. The number of aromatic nitrogens is 2. The number of anilines is 1. The van der Waals surface area contributed by atoms with Crippen molar-refractivity contribution >= 4 is 13.7 Å². The summed E-state index contributed by atoms with van der Waals surface area (Å²) in [7, 11) is 5.25. The van der Waals surface area contributed by atoms with E-state index in [4.69, 9.17) is 13.6 Å². The summed E-state index contributed by atoms with van der Waals surface area (Å²) >= 11 is 0. The van der Waals surface area contributed by atoms with Gasteiger partial charge in [-0.05, 0) is 6.07 Å². The van der Waals surface area contributed by atoms with Gasteiger partial charge in [-0.3, -0.25) is 4.57 Å². The van der Waals surface area contributed by atoms with Crippen LogP contribution in [0.1, 0.15) is 0 Å². The number of nitrogen functional groups attached to an aromatic ring is 1. The first-order chi connectivity index (χ1) is 5.24. The van der Waals surface area contributed by atoms with Crippen molar-refractivity contribution in [3.63, 3.8) is 0 Å². The van der Waals surface area contributed by atoms with Crippen molar-refractivity contribution in [2.45, 2.75) is 12.9 Å². The highest BCUT2D eigenvalue weighted by atomic mass is 16.1. The largest absolute Gasteiger partial charge is 0.383 e. The first-order valence-corrected chi connectivity index (χ1v) is 3.27. The number of aryl methyl sites for hydroxylation is 1. The summed E-state index contributed by atoms with van der Waals surface area (Å²) in [5.41, 5.74) is 4.92. The Balaban J connectivity index is 3.00. The minimum atomic E-state index is -0.351. The molecule has 0 aliphatic rings. The fourth-order valence-electron chi connectivity index (χ4n) is 0.751. The quantitative estimate of drug-likeness (QED) is 0.571. The van der Waals surface area contributed by atoms with E-state index in [0.717, 1.165) is 0 Å². The summed E-state index contributed by atoms with van der Waals surface area (Å²) in [4.78, 5) is 14.5. The van der Waals surface area contributed by atoms with Crippen LogP contribution in [0.2, 0.25) is 6.32 Å². The molecule has 0 atom stereocenters. The predicted octanol–water partition coefficient (Wildman–Crippen LogP) is -0.588. The molecule has 0 aliphatic carbocycles. The lowest BCUT2D eigenvalue weighted by Crippen LogP contribution is -2.22. The third kappa shape index (κ3) is 1.83. The van der Waals surface area contributed by atoms with E-state index in [1.54, 1.807) is 12.3 Å². The standard InChI is InChI=1S/C6H8BN3O/c7-2-4-10-3-1-5(8)9-6(10)11/h1,3H,2,4H2,(H2,8,9,11). The SMILES string of the molecule is [B]CCn1ccc(N)nc1=O. The Morgan fingerprint density at radius 2 is 2.45 bits per heavy atom. The number of hydrogen-bond donors (Lipinski definition) is 1. The average molecular weight is 149 g/mol. The Morgan fingerprint density at radius 3 is 3.00 bits per heavy atom. The third-order valence-corrected chi connectivity index (χ3v) is 1.27. The summed E-state index contributed by atoms with van der Waals surface area (Å²) in [6.07, 6.45) is 2.00. The van der Waals surface area contributed by atoms with Crippen LogP contribution < -0.4 is 11.4 Å². The molecule has 0 saturated heterocycles. The molecule has 1 heterocycles. The normalized spacial score (nSPS) is 9.82. The van der Waals surface area contributed by atoms with Crippen molar-refractivity contribution in [2.75, 3.05) is 5.73 Å². The summed E-state index contributed by atoms with van der Waals surface area (Å²) in [5.74, 6) is 0.239. The number of hydrogen-bond acceptors (Lipinski definition) is 3. The van der Waals surface area contributed by atoms with Gasteiger partial charge in [0.15, 0.2) is 0 Å². The molecular formula is C6H8BN3O. The van der Waals surface area contributed by atoms with Gasteiger partial charge >= 0.3 is 5.69 Å². The fourth-order valence-corrected chi connectivity index (χ4v) is 0.751. The van der Waals surface area contributed by atoms with E-state index in [1.165, 1.54) is 4.57 Å². The molecule has 0 amide bonds. The molecule has 5 heteroatoms. The van der Waals surface area contributed by atoms with Crippen LogP contribution in [-0.4, -0.2) is 17.4 Å². The molecule has 0 aliphatic heterocycles. The minimum absolute atomic E-state index is 0.239. The summed E-state index contributed by atoms with van der Waals surface area (Å²) in [6.45, 7) is 0.478. The molecule has 0 fully saturated rings. The Hall–Kier alpha value is -1.26. The molecule has 1 rings (SSSR count). The van der Waals surface area contributed by atoms with Gasteiger partial charge in [-0.15, -0.1) is 0 Å². The van der Waals surface area contributed by atoms with E-state index >= 15 is 0 Å². The van der Waals surface area contributed by atoms with Crippen LogP contribution in [0, 0.1) is 0 Å². The van der Waals surface area contributed by atoms with Gasteiger partial charge < -0.3 is 5.73 Å². The van der Waals surface area contributed by atoms with E-state index in [-0.39, 0.29) is 11.5 Å². The second-order valence-electron chi connectivity index (χ2n) is 2.12. The highest BCUT2D eigenvalue weighted by Crippen LogP contribution is 1.89. The molecule has 2 N–H and O–H groups in total. The predicted molar refractivity (Wildman–Crippen MR) is 43.5 cm³/mol. The lowest BCUT2D eigenvalue weighted by molar-refractivity contribution is 0.700. The molecule has 56 valence electrons. The van der Waals surface area contributed by atoms with Gasteiger partial charge in [0.2, 0.25) is 0 Å². The van der Waals surface area contributed by atoms with E-state index in [9.17, 15) is 4.79 Å². The monoisotopic (exact) mass is 149 g/mol. The van der Waals surface area contributed by atoms with Gasteiger partial charge in [-0.2, -0.15) is 4.98 Å². The molecule has 0 spiro atoms. The molecule has 4 nitrogen and oxygen atoms in total. The summed E-state index contributed by atoms with van der Waals surface area (Å²) in [6, 6.07) is 1.57. The Kier molecular flexibility index (Phi) is 2.30. The van der Waals surface area contributed by atoms with Crippen LogP contribution >= 0.6 is 0 Å². The zero-order valence-corrected chi connectivity index (χ0v) is 6.03.